The van der Waals surface area contributed by atoms with E-state index in [9.17, 15) is 13.2 Å². The first-order valence-corrected chi connectivity index (χ1v) is 12.3. The van der Waals surface area contributed by atoms with E-state index in [1.54, 1.807) is 0 Å². The molecule has 0 saturated carbocycles. The Labute approximate surface area is 221 Å². The van der Waals surface area contributed by atoms with Gasteiger partial charge in [0, 0.05) is 6.54 Å². The molecule has 0 spiro atoms. The fourth-order valence-corrected chi connectivity index (χ4v) is 6.56. The number of ether oxygens (including phenoxy) is 1. The number of rotatable bonds is 5. The van der Waals surface area contributed by atoms with Gasteiger partial charge in [-0.3, -0.25) is 9.69 Å². The molecule has 1 aromatic rings. The third-order valence-corrected chi connectivity index (χ3v) is 8.16. The molecule has 1 atom stereocenters. The van der Waals surface area contributed by atoms with Crippen LogP contribution < -0.4 is 56.7 Å². The zero-order valence-corrected chi connectivity index (χ0v) is 21.6. The van der Waals surface area contributed by atoms with Gasteiger partial charge in [-0.05, 0) is 85.3 Å². The van der Waals surface area contributed by atoms with Crippen LogP contribution in [0.4, 0.5) is 10.5 Å². The van der Waals surface area contributed by atoms with E-state index in [1.807, 2.05) is 0 Å². The first-order chi connectivity index (χ1) is 14.0. The van der Waals surface area contributed by atoms with Crippen molar-refractivity contribution in [1.29, 1.82) is 0 Å². The van der Waals surface area contributed by atoms with Crippen molar-refractivity contribution in [3.63, 3.8) is 0 Å². The first-order valence-electron chi connectivity index (χ1n) is 10.7. The Hall–Kier alpha value is -0.00364. The van der Waals surface area contributed by atoms with E-state index in [0.29, 0.717) is 6.04 Å². The number of nitrogens with one attached hydrogen (secondary N) is 1. The fraction of sp³-hybridized carbons (Fsp3) is 0.667. The van der Waals surface area contributed by atoms with Crippen LogP contribution in [0, 0.1) is 5.92 Å². The third-order valence-electron chi connectivity index (χ3n) is 6.83. The molecule has 4 aliphatic rings. The maximum Gasteiger partial charge on any atom is 1.00 e. The van der Waals surface area contributed by atoms with Crippen molar-refractivity contribution in [2.24, 2.45) is 5.92 Å². The van der Waals surface area contributed by atoms with Crippen molar-refractivity contribution in [2.45, 2.75) is 51.0 Å². The summed E-state index contributed by atoms with van der Waals surface area (Å²) in [5.41, 5.74) is 5.81. The van der Waals surface area contributed by atoms with E-state index >= 15 is 0 Å². The molecule has 2 fully saturated rings. The number of fused-ring (bicyclic) bond motifs is 2. The van der Waals surface area contributed by atoms with Crippen LogP contribution >= 0.6 is 0 Å². The molecule has 0 bridgehead atoms. The molecule has 2 aliphatic heterocycles. The van der Waals surface area contributed by atoms with Crippen molar-refractivity contribution in [3.8, 4) is 0 Å². The SMILES string of the molecule is O=C([N-]S(=O)(=O)CC1CCN(C2COC2)C1)Nc1c2c(cc3c1CCC3)CCC2.[K+]. The number of hydrogen-bond donors (Lipinski definition) is 1. The maximum absolute atomic E-state index is 12.5. The number of amides is 2. The summed E-state index contributed by atoms with van der Waals surface area (Å²) in [6, 6.07) is 1.96. The second kappa shape index (κ2) is 9.47. The summed E-state index contributed by atoms with van der Waals surface area (Å²) < 4.78 is 33.9. The molecule has 7 nitrogen and oxygen atoms in total. The number of carbonyl (C=O) groups is 1. The van der Waals surface area contributed by atoms with Gasteiger partial charge in [-0.2, -0.15) is 0 Å². The summed E-state index contributed by atoms with van der Waals surface area (Å²) in [6.07, 6.45) is 6.94. The first kappa shape index (κ1) is 23.2. The van der Waals surface area contributed by atoms with Gasteiger partial charge in [0.05, 0.1) is 25.0 Å². The van der Waals surface area contributed by atoms with Crippen LogP contribution in [0.15, 0.2) is 6.07 Å². The number of likely N-dealkylation sites (tertiary alicyclic amines) is 1. The van der Waals surface area contributed by atoms with Crippen LogP contribution in [0.1, 0.15) is 41.5 Å². The zero-order chi connectivity index (χ0) is 20.0. The van der Waals surface area contributed by atoms with Gasteiger partial charge in [0.15, 0.2) is 16.1 Å². The third kappa shape index (κ3) is 4.83. The Morgan fingerprint density at radius 2 is 1.80 bits per heavy atom. The maximum atomic E-state index is 12.5. The molecule has 2 amide bonds. The van der Waals surface area contributed by atoms with Crippen molar-refractivity contribution < 1.29 is 69.3 Å². The molecule has 158 valence electrons. The number of anilines is 1. The number of hydrogen-bond acceptors (Lipinski definition) is 5. The number of carbonyl (C=O) groups excluding carboxylic acids is 1. The average molecular weight is 458 g/mol. The Morgan fingerprint density at radius 1 is 1.13 bits per heavy atom. The predicted octanol–water partition coefficient (Wildman–Crippen LogP) is -0.376. The van der Waals surface area contributed by atoms with Crippen LogP contribution in [0.5, 0.6) is 0 Å². The van der Waals surface area contributed by atoms with Crippen LogP contribution in [0.25, 0.3) is 4.72 Å². The quantitative estimate of drug-likeness (QED) is 0.609. The number of benzene rings is 1. The summed E-state index contributed by atoms with van der Waals surface area (Å²) >= 11 is 0. The number of urea groups is 1. The number of aryl methyl sites for hydroxylation is 2. The van der Waals surface area contributed by atoms with Gasteiger partial charge >= 0.3 is 51.4 Å². The van der Waals surface area contributed by atoms with Crippen molar-refractivity contribution >= 4 is 21.7 Å². The smallest absolute Gasteiger partial charge is 0.423 e. The zero-order valence-electron chi connectivity index (χ0n) is 17.7. The summed E-state index contributed by atoms with van der Waals surface area (Å²) in [5, 5.41) is 2.86. The Morgan fingerprint density at radius 3 is 2.40 bits per heavy atom. The molecule has 2 saturated heterocycles. The van der Waals surface area contributed by atoms with Crippen LogP contribution in [-0.4, -0.2) is 57.4 Å². The molecule has 0 radical (unpaired) electrons. The summed E-state index contributed by atoms with van der Waals surface area (Å²) in [7, 11) is -3.80. The monoisotopic (exact) mass is 457 g/mol. The average Bonchev–Trinajstić information content (AvgIpc) is 3.32. The Bertz CT molecular complexity index is 900. The van der Waals surface area contributed by atoms with Gasteiger partial charge in [-0.25, -0.2) is 8.42 Å². The van der Waals surface area contributed by atoms with Crippen molar-refractivity contribution in [2.75, 3.05) is 37.4 Å². The van der Waals surface area contributed by atoms with Gasteiger partial charge in [-0.15, -0.1) is 0 Å². The Kier molecular flexibility index (Phi) is 7.31. The van der Waals surface area contributed by atoms with E-state index < -0.39 is 16.1 Å². The van der Waals surface area contributed by atoms with Crippen LogP contribution in [0.2, 0.25) is 0 Å². The van der Waals surface area contributed by atoms with Crippen LogP contribution in [0.3, 0.4) is 0 Å². The van der Waals surface area contributed by atoms with Crippen molar-refractivity contribution in [1.82, 2.24) is 4.90 Å². The summed E-state index contributed by atoms with van der Waals surface area (Å²) in [4.78, 5) is 14.8. The number of sulfonamides is 1. The standard InChI is InChI=1S/C21H29N3O4S.K/c25-21(22-20-18-5-1-3-15(18)9-16-4-2-6-19(16)20)23-29(26,27)13-14-7-8-24(10-14)17-11-28-12-17;/h9,14,17H,1-8,10-13H2,(H2,22,23,25);/q;+1/p-1. The van der Waals surface area contributed by atoms with Crippen molar-refractivity contribution in [3.05, 3.63) is 33.0 Å². The van der Waals surface area contributed by atoms with E-state index in [2.05, 4.69) is 21.0 Å². The minimum Gasteiger partial charge on any atom is -0.423 e. The molecular weight excluding hydrogens is 429 g/mol. The molecular formula is C21H28KN3O4S. The summed E-state index contributed by atoms with van der Waals surface area (Å²) in [6.45, 7) is 3.10. The fourth-order valence-electron chi connectivity index (χ4n) is 5.32. The van der Waals surface area contributed by atoms with E-state index in [0.717, 1.165) is 76.9 Å². The minimum atomic E-state index is -3.80. The largest absolute Gasteiger partial charge is 1.00 e. The molecule has 30 heavy (non-hydrogen) atoms. The molecule has 1 aromatic carbocycles. The van der Waals surface area contributed by atoms with Gasteiger partial charge < -0.3 is 14.8 Å². The second-order valence-electron chi connectivity index (χ2n) is 8.84. The molecule has 0 aromatic heterocycles. The molecule has 2 aliphatic carbocycles. The molecule has 1 unspecified atom stereocenters. The van der Waals surface area contributed by atoms with E-state index in [1.165, 1.54) is 22.3 Å². The van der Waals surface area contributed by atoms with Gasteiger partial charge in [0.2, 0.25) is 0 Å². The Balaban J connectivity index is 0.00000218. The molecule has 2 heterocycles. The minimum absolute atomic E-state index is 0. The van der Waals surface area contributed by atoms with E-state index in [4.69, 9.17) is 4.74 Å². The summed E-state index contributed by atoms with van der Waals surface area (Å²) in [5.74, 6) is -0.0300. The van der Waals surface area contributed by atoms with Gasteiger partial charge in [0.1, 0.15) is 0 Å². The number of nitrogens with zero attached hydrogens (tertiary/aromatic N) is 2. The van der Waals surface area contributed by atoms with E-state index in [-0.39, 0.29) is 63.1 Å². The molecule has 9 heteroatoms. The van der Waals surface area contributed by atoms with Gasteiger partial charge in [0.25, 0.3) is 0 Å². The predicted molar refractivity (Wildman–Crippen MR) is 111 cm³/mol. The van der Waals surface area contributed by atoms with Gasteiger partial charge in [-0.1, -0.05) is 6.07 Å². The normalized spacial score (nSPS) is 23.4. The molecule has 5 rings (SSSR count). The van der Waals surface area contributed by atoms with Crippen LogP contribution in [-0.2, 0) is 40.4 Å². The molecule has 1 N–H and O–H groups in total. The topological polar surface area (TPSA) is 89.8 Å². The second-order valence-corrected chi connectivity index (χ2v) is 10.5.